The van der Waals surface area contributed by atoms with Crippen LogP contribution in [0.2, 0.25) is 0 Å². The summed E-state index contributed by atoms with van der Waals surface area (Å²) < 4.78 is 5.42. The maximum Gasteiger partial charge on any atom is 0.261 e. The summed E-state index contributed by atoms with van der Waals surface area (Å²) in [5, 5.41) is 18.0. The van der Waals surface area contributed by atoms with Gasteiger partial charge < -0.3 is 5.32 Å². The second kappa shape index (κ2) is 7.80. The van der Waals surface area contributed by atoms with Crippen LogP contribution in [-0.4, -0.2) is 40.1 Å². The number of amides is 1. The summed E-state index contributed by atoms with van der Waals surface area (Å²) in [4.78, 5) is 18.3. The van der Waals surface area contributed by atoms with Crippen molar-refractivity contribution in [3.8, 4) is 10.6 Å². The number of nitrogens with zero attached hydrogens (tertiary/aromatic N) is 7. The molecule has 0 aliphatic heterocycles. The number of hydrogen-bond acceptors (Lipinski definition) is 6. The van der Waals surface area contributed by atoms with E-state index in [9.17, 15) is 4.79 Å². The van der Waals surface area contributed by atoms with E-state index in [0.717, 1.165) is 28.4 Å². The lowest BCUT2D eigenvalue weighted by Gasteiger charge is -2.04. The molecule has 5 aromatic heterocycles. The molecular formula is C21H20N8OS. The van der Waals surface area contributed by atoms with Crippen molar-refractivity contribution in [3.63, 3.8) is 0 Å². The highest BCUT2D eigenvalue weighted by Crippen LogP contribution is 2.25. The molecule has 5 aromatic rings. The van der Waals surface area contributed by atoms with Gasteiger partial charge in [0.2, 0.25) is 0 Å². The van der Waals surface area contributed by atoms with Crippen LogP contribution >= 0.6 is 11.3 Å². The van der Waals surface area contributed by atoms with E-state index in [1.165, 1.54) is 0 Å². The lowest BCUT2D eigenvalue weighted by atomic mass is 10.2. The van der Waals surface area contributed by atoms with Crippen molar-refractivity contribution in [2.75, 3.05) is 5.32 Å². The normalized spacial score (nSPS) is 11.3. The van der Waals surface area contributed by atoms with Crippen molar-refractivity contribution in [2.24, 2.45) is 0 Å². The smallest absolute Gasteiger partial charge is 0.261 e. The fraction of sp³-hybridized carbons (Fsp3) is 0.190. The van der Waals surface area contributed by atoms with E-state index in [-0.39, 0.29) is 5.91 Å². The standard InChI is InChI=1S/C21H20N8OS/c1-3-28-14(2)15(9-24-28)12-27-13-16(10-23-27)26-21(30)17-11-25-29-18(6-7-22-20(17)29)19-5-4-8-31-19/h4-11,13H,3,12H2,1-2H3,(H,26,30). The summed E-state index contributed by atoms with van der Waals surface area (Å²) in [6, 6.07) is 5.89. The summed E-state index contributed by atoms with van der Waals surface area (Å²) in [6.45, 7) is 5.52. The number of hydrogen-bond donors (Lipinski definition) is 1. The van der Waals surface area contributed by atoms with E-state index in [2.05, 4.69) is 32.5 Å². The molecule has 0 bridgehead atoms. The lowest BCUT2D eigenvalue weighted by Crippen LogP contribution is -2.11. The molecule has 1 amide bonds. The Morgan fingerprint density at radius 2 is 2.06 bits per heavy atom. The van der Waals surface area contributed by atoms with Gasteiger partial charge >= 0.3 is 0 Å². The molecule has 1 N–H and O–H groups in total. The topological polar surface area (TPSA) is 94.9 Å². The Morgan fingerprint density at radius 1 is 1.16 bits per heavy atom. The Bertz CT molecular complexity index is 1360. The van der Waals surface area contributed by atoms with Crippen LogP contribution in [0.3, 0.4) is 0 Å². The first-order chi connectivity index (χ1) is 15.1. The summed E-state index contributed by atoms with van der Waals surface area (Å²) in [7, 11) is 0. The predicted molar refractivity (Wildman–Crippen MR) is 118 cm³/mol. The molecule has 0 unspecified atom stereocenters. The van der Waals surface area contributed by atoms with Gasteiger partial charge in [-0.2, -0.15) is 15.3 Å². The fourth-order valence-corrected chi connectivity index (χ4v) is 4.25. The second-order valence-corrected chi connectivity index (χ2v) is 8.00. The van der Waals surface area contributed by atoms with Crippen molar-refractivity contribution in [1.29, 1.82) is 0 Å². The number of carbonyl (C=O) groups excluding carboxylic acids is 1. The average Bonchev–Trinajstić information content (AvgIpc) is 3.56. The van der Waals surface area contributed by atoms with Gasteiger partial charge in [0, 0.05) is 30.2 Å². The molecule has 0 aromatic carbocycles. The predicted octanol–water partition coefficient (Wildman–Crippen LogP) is 3.48. The third-order valence-corrected chi connectivity index (χ3v) is 6.04. The molecule has 31 heavy (non-hydrogen) atoms. The van der Waals surface area contributed by atoms with Crippen LogP contribution in [-0.2, 0) is 13.1 Å². The molecule has 0 radical (unpaired) electrons. The molecule has 0 aliphatic carbocycles. The molecule has 0 fully saturated rings. The molecule has 0 saturated carbocycles. The zero-order valence-corrected chi connectivity index (χ0v) is 17.9. The van der Waals surface area contributed by atoms with Crippen LogP contribution in [0.5, 0.6) is 0 Å². The van der Waals surface area contributed by atoms with Crippen molar-refractivity contribution >= 4 is 28.6 Å². The SMILES string of the molecule is CCn1ncc(Cn2cc(NC(=O)c3cnn4c(-c5cccs5)ccnc34)cn2)c1C. The Kier molecular flexibility index (Phi) is 4.83. The van der Waals surface area contributed by atoms with Gasteiger partial charge in [0.05, 0.1) is 41.4 Å². The van der Waals surface area contributed by atoms with E-state index < -0.39 is 0 Å². The minimum atomic E-state index is -0.277. The maximum absolute atomic E-state index is 12.9. The van der Waals surface area contributed by atoms with Crippen LogP contribution in [0.1, 0.15) is 28.5 Å². The first-order valence-corrected chi connectivity index (χ1v) is 10.7. The molecule has 10 heteroatoms. The minimum Gasteiger partial charge on any atom is -0.319 e. The molecule has 0 aliphatic rings. The van der Waals surface area contributed by atoms with Crippen LogP contribution in [0.15, 0.2) is 54.6 Å². The van der Waals surface area contributed by atoms with Gasteiger partial charge in [0.25, 0.3) is 5.91 Å². The quantitative estimate of drug-likeness (QED) is 0.443. The molecule has 0 spiro atoms. The number of aromatic nitrogens is 7. The highest BCUT2D eigenvalue weighted by Gasteiger charge is 2.17. The van der Waals surface area contributed by atoms with Crippen molar-refractivity contribution in [1.82, 2.24) is 34.2 Å². The van der Waals surface area contributed by atoms with E-state index in [4.69, 9.17) is 0 Å². The third kappa shape index (κ3) is 3.50. The number of fused-ring (bicyclic) bond motifs is 1. The monoisotopic (exact) mass is 432 g/mol. The minimum absolute atomic E-state index is 0.277. The van der Waals surface area contributed by atoms with Gasteiger partial charge in [-0.3, -0.25) is 14.2 Å². The van der Waals surface area contributed by atoms with Gasteiger partial charge in [-0.1, -0.05) is 6.07 Å². The summed E-state index contributed by atoms with van der Waals surface area (Å²) >= 11 is 1.61. The Morgan fingerprint density at radius 3 is 2.84 bits per heavy atom. The van der Waals surface area contributed by atoms with Gasteiger partial charge in [-0.05, 0) is 31.4 Å². The van der Waals surface area contributed by atoms with Gasteiger partial charge in [-0.25, -0.2) is 9.50 Å². The highest BCUT2D eigenvalue weighted by molar-refractivity contribution is 7.13. The molecule has 9 nitrogen and oxygen atoms in total. The fourth-order valence-electron chi connectivity index (χ4n) is 3.51. The van der Waals surface area contributed by atoms with E-state index >= 15 is 0 Å². The van der Waals surface area contributed by atoms with Gasteiger partial charge in [0.15, 0.2) is 5.65 Å². The van der Waals surface area contributed by atoms with E-state index in [0.29, 0.717) is 23.4 Å². The number of rotatable bonds is 6. The van der Waals surface area contributed by atoms with E-state index in [1.807, 2.05) is 41.4 Å². The number of aryl methyl sites for hydroxylation is 1. The largest absolute Gasteiger partial charge is 0.319 e. The zero-order valence-electron chi connectivity index (χ0n) is 17.1. The summed E-state index contributed by atoms with van der Waals surface area (Å²) in [5.41, 5.74) is 4.64. The highest BCUT2D eigenvalue weighted by atomic mass is 32.1. The van der Waals surface area contributed by atoms with Gasteiger partial charge in [0.1, 0.15) is 5.56 Å². The molecule has 156 valence electrons. The Labute approximate surface area is 182 Å². The second-order valence-electron chi connectivity index (χ2n) is 7.05. The number of thiophene rings is 1. The van der Waals surface area contributed by atoms with Gasteiger partial charge in [-0.15, -0.1) is 11.3 Å². The van der Waals surface area contributed by atoms with Crippen LogP contribution in [0, 0.1) is 6.92 Å². The van der Waals surface area contributed by atoms with Crippen LogP contribution in [0.25, 0.3) is 16.2 Å². The van der Waals surface area contributed by atoms with Crippen LogP contribution < -0.4 is 5.32 Å². The number of nitrogens with one attached hydrogen (secondary N) is 1. The molecule has 5 rings (SSSR count). The molecular weight excluding hydrogens is 412 g/mol. The Balaban J connectivity index is 1.36. The number of anilines is 1. The molecule has 0 atom stereocenters. The maximum atomic E-state index is 12.9. The average molecular weight is 433 g/mol. The zero-order chi connectivity index (χ0) is 21.4. The summed E-state index contributed by atoms with van der Waals surface area (Å²) in [5.74, 6) is -0.277. The first-order valence-electron chi connectivity index (χ1n) is 9.85. The summed E-state index contributed by atoms with van der Waals surface area (Å²) in [6.07, 6.45) is 8.53. The van der Waals surface area contributed by atoms with Crippen molar-refractivity contribution in [2.45, 2.75) is 26.9 Å². The van der Waals surface area contributed by atoms with Crippen molar-refractivity contribution in [3.05, 3.63) is 71.4 Å². The molecule has 5 heterocycles. The Hall–Kier alpha value is -3.79. The molecule has 0 saturated heterocycles. The third-order valence-electron chi connectivity index (χ3n) is 5.15. The van der Waals surface area contributed by atoms with E-state index in [1.54, 1.807) is 45.3 Å². The lowest BCUT2D eigenvalue weighted by molar-refractivity contribution is 0.102. The number of carbonyl (C=O) groups is 1. The van der Waals surface area contributed by atoms with Crippen molar-refractivity contribution < 1.29 is 4.79 Å². The van der Waals surface area contributed by atoms with Crippen LogP contribution in [0.4, 0.5) is 5.69 Å². The first kappa shape index (κ1) is 19.2.